The van der Waals surface area contributed by atoms with E-state index in [0.717, 1.165) is 27.5 Å². The molecule has 8 aromatic rings. The lowest BCUT2D eigenvalue weighted by Gasteiger charge is -2.44. The summed E-state index contributed by atoms with van der Waals surface area (Å²) in [5.41, 5.74) is 23.4. The molecule has 2 aliphatic heterocycles. The molecule has 0 N–H and O–H groups in total. The molecule has 0 bridgehead atoms. The lowest BCUT2D eigenvalue weighted by Crippen LogP contribution is -2.62. The summed E-state index contributed by atoms with van der Waals surface area (Å²) in [6.45, 7) is 41.6. The fraction of sp³-hybridized carbons (Fsp3) is 0.348. The van der Waals surface area contributed by atoms with Gasteiger partial charge in [0.1, 0.15) is 10.0 Å². The maximum Gasteiger partial charge on any atom is 0.276 e. The Morgan fingerprint density at radius 3 is 1.23 bits per heavy atom. The number of fused-ring (bicyclic) bond motifs is 4. The molecule has 378 valence electrons. The van der Waals surface area contributed by atoms with Gasteiger partial charge in [-0.15, -0.1) is 0 Å². The van der Waals surface area contributed by atoms with Gasteiger partial charge in [-0.3, -0.25) is 0 Å². The van der Waals surface area contributed by atoms with Gasteiger partial charge in [0.05, 0.1) is 11.3 Å². The molecule has 10 rings (SSSR count). The normalized spacial score (nSPS) is 14.0. The number of benzene rings is 7. The molecule has 0 radical (unpaired) electrons. The summed E-state index contributed by atoms with van der Waals surface area (Å²) in [5, 5.41) is 2.19. The first kappa shape index (κ1) is 51.3. The Morgan fingerprint density at radius 1 is 0.351 bits per heavy atom. The molecule has 2 aliphatic rings. The van der Waals surface area contributed by atoms with Crippen LogP contribution in [0.4, 0.5) is 33.4 Å². The van der Waals surface area contributed by atoms with Crippen LogP contribution in [0.3, 0.4) is 0 Å². The maximum absolute atomic E-state index is 5.92. The average molecular weight is 992 g/mol. The summed E-state index contributed by atoms with van der Waals surface area (Å²) in [6.07, 6.45) is 0. The highest BCUT2D eigenvalue weighted by molar-refractivity contribution is 7.22. The van der Waals surface area contributed by atoms with Crippen LogP contribution in [-0.4, -0.2) is 11.7 Å². The summed E-state index contributed by atoms with van der Waals surface area (Å²) < 4.78 is 0. The van der Waals surface area contributed by atoms with Crippen molar-refractivity contribution >= 4 is 68.0 Å². The van der Waals surface area contributed by atoms with E-state index in [0.29, 0.717) is 0 Å². The predicted octanol–water partition coefficient (Wildman–Crippen LogP) is 18.0. The average Bonchev–Trinajstić information content (AvgIpc) is 3.77. The zero-order valence-corrected chi connectivity index (χ0v) is 48.5. The van der Waals surface area contributed by atoms with E-state index in [-0.39, 0.29) is 39.2 Å². The van der Waals surface area contributed by atoms with E-state index < -0.39 is 0 Å². The van der Waals surface area contributed by atoms with E-state index in [1.807, 2.05) is 11.3 Å². The van der Waals surface area contributed by atoms with Crippen molar-refractivity contribution in [3.63, 3.8) is 0 Å². The summed E-state index contributed by atoms with van der Waals surface area (Å²) in [4.78, 5) is 11.1. The van der Waals surface area contributed by atoms with Crippen LogP contribution in [0.1, 0.15) is 158 Å². The quantitative estimate of drug-likeness (QED) is 0.160. The van der Waals surface area contributed by atoms with Gasteiger partial charge in [0.2, 0.25) is 0 Å². The van der Waals surface area contributed by atoms with Gasteiger partial charge in [0, 0.05) is 33.9 Å². The van der Waals surface area contributed by atoms with Gasteiger partial charge in [-0.1, -0.05) is 239 Å². The van der Waals surface area contributed by atoms with Crippen LogP contribution >= 0.6 is 11.3 Å². The molecular weight excluding hydrogens is 914 g/mol. The monoisotopic (exact) mass is 992 g/mol. The van der Waals surface area contributed by atoms with Crippen molar-refractivity contribution in [3.05, 3.63) is 179 Å². The number of thiazole rings is 1. The standard InChI is InChI=1S/C69H78BN3S/c1-64(2,3)47-27-23-44(24-28-47)43-19-21-46(22-20-43)62-71-61-63(74-62)73(56-37-33-50(67(10,11)12)39-54(56)45-25-29-48(30-26-45)65(4,5)6)59-42-52(69(16,17)18)41-58-60(59)70(61)55-40-51(68(13,14)15)34-38-57(55)72(58)53-35-31-49(32-36-53)66(7,8)9/h19-42H,1-18H3. The molecule has 0 fully saturated rings. The zero-order chi connectivity index (χ0) is 53.2. The smallest absolute Gasteiger partial charge is 0.276 e. The Morgan fingerprint density at radius 2 is 0.743 bits per heavy atom. The van der Waals surface area contributed by atoms with Crippen molar-refractivity contribution in [2.24, 2.45) is 0 Å². The third kappa shape index (κ3) is 9.37. The van der Waals surface area contributed by atoms with Crippen LogP contribution in [0.25, 0.3) is 32.8 Å². The third-order valence-electron chi connectivity index (χ3n) is 15.7. The Hall–Kier alpha value is -6.17. The molecule has 0 unspecified atom stereocenters. The summed E-state index contributed by atoms with van der Waals surface area (Å²) in [6, 6.07) is 56.5. The number of nitrogens with zero attached hydrogens (tertiary/aromatic N) is 3. The SMILES string of the molecule is CC(C)(C)c1ccc(-c2ccc(-c3nc4c(s3)N(c3ccc(C(C)(C)C)cc3-c3ccc(C(C)(C)C)cc3)c3cc(C(C)(C)C)cc5c3B4c3cc(C(C)(C)C)ccc3N5c3ccc(C(C)(C)C)cc3)cc2)cc1. The van der Waals surface area contributed by atoms with Gasteiger partial charge in [-0.05, 0) is 136 Å². The molecule has 0 saturated heterocycles. The Kier molecular flexibility index (Phi) is 12.3. The van der Waals surface area contributed by atoms with Crippen molar-refractivity contribution < 1.29 is 0 Å². The zero-order valence-electron chi connectivity index (χ0n) is 47.7. The molecule has 0 aliphatic carbocycles. The van der Waals surface area contributed by atoms with E-state index in [1.165, 1.54) is 88.6 Å². The molecule has 5 heteroatoms. The molecule has 7 aromatic carbocycles. The summed E-state index contributed by atoms with van der Waals surface area (Å²) in [5.74, 6) is 0. The highest BCUT2D eigenvalue weighted by atomic mass is 32.1. The Bertz CT molecular complexity index is 3410. The number of hydrogen-bond acceptors (Lipinski definition) is 4. The minimum absolute atomic E-state index is 0.0287. The molecule has 0 saturated carbocycles. The van der Waals surface area contributed by atoms with Gasteiger partial charge in [0.25, 0.3) is 6.71 Å². The van der Waals surface area contributed by atoms with E-state index >= 15 is 0 Å². The minimum atomic E-state index is -0.152. The number of aromatic nitrogens is 1. The second-order valence-electron chi connectivity index (χ2n) is 27.5. The third-order valence-corrected chi connectivity index (χ3v) is 16.8. The molecule has 0 amide bonds. The first-order valence-electron chi connectivity index (χ1n) is 27.0. The van der Waals surface area contributed by atoms with Gasteiger partial charge in [-0.2, -0.15) is 0 Å². The Balaban J connectivity index is 1.27. The van der Waals surface area contributed by atoms with Crippen LogP contribution in [0.15, 0.2) is 146 Å². The van der Waals surface area contributed by atoms with Crippen molar-refractivity contribution in [1.29, 1.82) is 0 Å². The first-order valence-corrected chi connectivity index (χ1v) is 27.8. The first-order chi connectivity index (χ1) is 34.5. The van der Waals surface area contributed by atoms with E-state index in [2.05, 4.69) is 280 Å². The molecular formula is C69H78BN3S. The van der Waals surface area contributed by atoms with Crippen LogP contribution < -0.4 is 26.3 Å². The summed E-state index contributed by atoms with van der Waals surface area (Å²) >= 11 is 1.83. The molecule has 0 atom stereocenters. The Labute approximate surface area is 449 Å². The van der Waals surface area contributed by atoms with E-state index in [4.69, 9.17) is 4.98 Å². The fourth-order valence-electron chi connectivity index (χ4n) is 10.8. The van der Waals surface area contributed by atoms with Crippen molar-refractivity contribution in [2.45, 2.75) is 157 Å². The maximum atomic E-state index is 5.92. The van der Waals surface area contributed by atoms with Crippen molar-refractivity contribution in [3.8, 4) is 32.8 Å². The summed E-state index contributed by atoms with van der Waals surface area (Å²) in [7, 11) is 0. The van der Waals surface area contributed by atoms with Gasteiger partial charge >= 0.3 is 0 Å². The van der Waals surface area contributed by atoms with Crippen molar-refractivity contribution in [1.82, 2.24) is 4.98 Å². The second kappa shape index (κ2) is 17.7. The molecule has 0 spiro atoms. The fourth-order valence-corrected chi connectivity index (χ4v) is 12.0. The molecule has 3 heterocycles. The van der Waals surface area contributed by atoms with Gasteiger partial charge in [0.15, 0.2) is 0 Å². The number of anilines is 6. The van der Waals surface area contributed by atoms with Crippen molar-refractivity contribution in [2.75, 3.05) is 9.80 Å². The number of hydrogen-bond donors (Lipinski definition) is 0. The lowest BCUT2D eigenvalue weighted by atomic mass is 9.35. The van der Waals surface area contributed by atoms with E-state index in [9.17, 15) is 0 Å². The number of rotatable bonds is 5. The highest BCUT2D eigenvalue weighted by Gasteiger charge is 2.47. The van der Waals surface area contributed by atoms with Crippen LogP contribution in [0.5, 0.6) is 0 Å². The van der Waals surface area contributed by atoms with Crippen LogP contribution in [0, 0.1) is 0 Å². The van der Waals surface area contributed by atoms with Gasteiger partial charge in [-0.25, -0.2) is 4.98 Å². The van der Waals surface area contributed by atoms with Crippen LogP contribution in [0.2, 0.25) is 0 Å². The minimum Gasteiger partial charge on any atom is -0.311 e. The lowest BCUT2D eigenvalue weighted by molar-refractivity contribution is 0.589. The topological polar surface area (TPSA) is 19.4 Å². The van der Waals surface area contributed by atoms with Gasteiger partial charge < -0.3 is 9.80 Å². The van der Waals surface area contributed by atoms with E-state index in [1.54, 1.807) is 0 Å². The highest BCUT2D eigenvalue weighted by Crippen LogP contribution is 2.51. The molecule has 3 nitrogen and oxygen atoms in total. The molecule has 74 heavy (non-hydrogen) atoms. The second-order valence-corrected chi connectivity index (χ2v) is 28.5. The predicted molar refractivity (Wildman–Crippen MR) is 325 cm³/mol. The molecule has 1 aromatic heterocycles. The van der Waals surface area contributed by atoms with Crippen LogP contribution in [-0.2, 0) is 32.5 Å². The largest absolute Gasteiger partial charge is 0.311 e.